The SMILES string of the molecule is C=C(Cc1ccc(F)cc1)c1cc(C)c(/N=C/C)cc1C. The smallest absolute Gasteiger partial charge is 0.123 e. The first kappa shape index (κ1) is 15.2. The van der Waals surface area contributed by atoms with Crippen molar-refractivity contribution in [2.24, 2.45) is 4.99 Å². The van der Waals surface area contributed by atoms with Crippen LogP contribution in [0, 0.1) is 19.7 Å². The summed E-state index contributed by atoms with van der Waals surface area (Å²) in [4.78, 5) is 4.36. The van der Waals surface area contributed by atoms with Crippen LogP contribution in [-0.4, -0.2) is 6.21 Å². The number of hydrogen-bond acceptors (Lipinski definition) is 1. The normalized spacial score (nSPS) is 11.0. The lowest BCUT2D eigenvalue weighted by atomic mass is 9.94. The van der Waals surface area contributed by atoms with Crippen LogP contribution in [0.15, 0.2) is 48.0 Å². The van der Waals surface area contributed by atoms with Gasteiger partial charge >= 0.3 is 0 Å². The molecular formula is C19H20FN. The Balaban J connectivity index is 2.27. The molecule has 0 spiro atoms. The average Bonchev–Trinajstić information content (AvgIpc) is 2.45. The Labute approximate surface area is 125 Å². The zero-order valence-electron chi connectivity index (χ0n) is 12.8. The van der Waals surface area contributed by atoms with Crippen LogP contribution in [-0.2, 0) is 6.42 Å². The van der Waals surface area contributed by atoms with E-state index in [1.165, 1.54) is 12.1 Å². The van der Waals surface area contributed by atoms with Crippen LogP contribution < -0.4 is 0 Å². The van der Waals surface area contributed by atoms with Crippen molar-refractivity contribution in [3.8, 4) is 0 Å². The third-order valence-corrected chi connectivity index (χ3v) is 3.52. The highest BCUT2D eigenvalue weighted by Gasteiger charge is 2.08. The lowest BCUT2D eigenvalue weighted by Crippen LogP contribution is -1.94. The molecule has 0 aliphatic carbocycles. The van der Waals surface area contributed by atoms with Gasteiger partial charge in [-0.3, -0.25) is 4.99 Å². The summed E-state index contributed by atoms with van der Waals surface area (Å²) in [7, 11) is 0. The fourth-order valence-corrected chi connectivity index (χ4v) is 2.40. The summed E-state index contributed by atoms with van der Waals surface area (Å²) in [6, 6.07) is 10.8. The molecule has 2 aromatic carbocycles. The second-order valence-electron chi connectivity index (χ2n) is 5.25. The first-order chi connectivity index (χ1) is 10.0. The zero-order valence-corrected chi connectivity index (χ0v) is 12.8. The quantitative estimate of drug-likeness (QED) is 0.663. The number of allylic oxidation sites excluding steroid dienone is 1. The van der Waals surface area contributed by atoms with Crippen LogP contribution in [0.3, 0.4) is 0 Å². The molecule has 0 atom stereocenters. The van der Waals surface area contributed by atoms with Crippen LogP contribution in [0.1, 0.15) is 29.2 Å². The highest BCUT2D eigenvalue weighted by atomic mass is 19.1. The standard InChI is InChI=1S/C19H20FN/c1-5-21-19-12-14(3)18(11-15(19)4)13(2)10-16-6-8-17(20)9-7-16/h5-9,11-12H,2,10H2,1,3-4H3/b21-5+. The summed E-state index contributed by atoms with van der Waals surface area (Å²) in [5, 5.41) is 0. The molecule has 0 N–H and O–H groups in total. The third-order valence-electron chi connectivity index (χ3n) is 3.52. The van der Waals surface area contributed by atoms with E-state index in [4.69, 9.17) is 0 Å². The van der Waals surface area contributed by atoms with Crippen LogP contribution >= 0.6 is 0 Å². The second-order valence-corrected chi connectivity index (χ2v) is 5.25. The maximum Gasteiger partial charge on any atom is 0.123 e. The minimum atomic E-state index is -0.210. The molecule has 0 aliphatic heterocycles. The predicted octanol–water partition coefficient (Wildman–Crippen LogP) is 5.42. The fourth-order valence-electron chi connectivity index (χ4n) is 2.40. The van der Waals surface area contributed by atoms with E-state index in [-0.39, 0.29) is 5.82 Å². The number of rotatable bonds is 4. The van der Waals surface area contributed by atoms with Crippen molar-refractivity contribution in [2.75, 3.05) is 0 Å². The summed E-state index contributed by atoms with van der Waals surface area (Å²) >= 11 is 0. The monoisotopic (exact) mass is 281 g/mol. The Morgan fingerprint density at radius 1 is 1.14 bits per heavy atom. The molecular weight excluding hydrogens is 261 g/mol. The third kappa shape index (κ3) is 3.66. The van der Waals surface area contributed by atoms with Gasteiger partial charge in [0.15, 0.2) is 0 Å². The number of aryl methyl sites for hydroxylation is 2. The summed E-state index contributed by atoms with van der Waals surface area (Å²) in [6.07, 6.45) is 2.52. The van der Waals surface area contributed by atoms with Gasteiger partial charge in [0, 0.05) is 6.21 Å². The van der Waals surface area contributed by atoms with Gasteiger partial charge in [-0.15, -0.1) is 0 Å². The van der Waals surface area contributed by atoms with Gasteiger partial charge in [-0.2, -0.15) is 0 Å². The molecule has 0 bridgehead atoms. The predicted molar refractivity (Wildman–Crippen MR) is 88.9 cm³/mol. The fraction of sp³-hybridized carbons (Fsp3) is 0.211. The first-order valence-corrected chi connectivity index (χ1v) is 7.03. The second kappa shape index (κ2) is 6.49. The average molecular weight is 281 g/mol. The number of benzene rings is 2. The van der Waals surface area contributed by atoms with E-state index >= 15 is 0 Å². The van der Waals surface area contributed by atoms with Gasteiger partial charge in [0.1, 0.15) is 5.82 Å². The van der Waals surface area contributed by atoms with Crippen LogP contribution in [0.2, 0.25) is 0 Å². The van der Waals surface area contributed by atoms with Gasteiger partial charge in [-0.05, 0) is 79.3 Å². The van der Waals surface area contributed by atoms with E-state index in [0.717, 1.165) is 39.9 Å². The molecule has 2 heteroatoms. The molecule has 2 rings (SSSR count). The van der Waals surface area contributed by atoms with Crippen molar-refractivity contribution < 1.29 is 4.39 Å². The van der Waals surface area contributed by atoms with E-state index in [1.54, 1.807) is 18.3 Å². The van der Waals surface area contributed by atoms with Crippen molar-refractivity contribution in [3.63, 3.8) is 0 Å². The molecule has 0 heterocycles. The molecule has 0 unspecified atom stereocenters. The maximum atomic E-state index is 12.9. The van der Waals surface area contributed by atoms with Gasteiger partial charge in [-0.25, -0.2) is 4.39 Å². The molecule has 0 fully saturated rings. The number of halogens is 1. The van der Waals surface area contributed by atoms with Gasteiger partial charge in [0.2, 0.25) is 0 Å². The Hall–Kier alpha value is -2.22. The van der Waals surface area contributed by atoms with Crippen LogP contribution in [0.5, 0.6) is 0 Å². The molecule has 0 aromatic heterocycles. The Morgan fingerprint density at radius 2 is 1.81 bits per heavy atom. The van der Waals surface area contributed by atoms with Crippen LogP contribution in [0.4, 0.5) is 10.1 Å². The van der Waals surface area contributed by atoms with Gasteiger partial charge in [0.05, 0.1) is 5.69 Å². The molecule has 0 radical (unpaired) electrons. The van der Waals surface area contributed by atoms with Crippen molar-refractivity contribution >= 4 is 17.5 Å². The molecule has 0 saturated heterocycles. The molecule has 0 saturated carbocycles. The molecule has 2 aromatic rings. The first-order valence-electron chi connectivity index (χ1n) is 7.03. The molecule has 0 amide bonds. The topological polar surface area (TPSA) is 12.4 Å². The van der Waals surface area contributed by atoms with Gasteiger partial charge in [-0.1, -0.05) is 18.7 Å². The van der Waals surface area contributed by atoms with E-state index in [0.29, 0.717) is 0 Å². The van der Waals surface area contributed by atoms with E-state index < -0.39 is 0 Å². The zero-order chi connectivity index (χ0) is 15.4. The van der Waals surface area contributed by atoms with Crippen molar-refractivity contribution in [1.82, 2.24) is 0 Å². The van der Waals surface area contributed by atoms with E-state index in [2.05, 4.69) is 37.6 Å². The lowest BCUT2D eigenvalue weighted by Gasteiger charge is -2.12. The lowest BCUT2D eigenvalue weighted by molar-refractivity contribution is 0.627. The number of nitrogens with zero attached hydrogens (tertiary/aromatic N) is 1. The molecule has 108 valence electrons. The van der Waals surface area contributed by atoms with Crippen LogP contribution in [0.25, 0.3) is 5.57 Å². The van der Waals surface area contributed by atoms with Gasteiger partial charge < -0.3 is 0 Å². The van der Waals surface area contributed by atoms with Gasteiger partial charge in [0.25, 0.3) is 0 Å². The summed E-state index contributed by atoms with van der Waals surface area (Å²) in [5.41, 5.74) is 6.53. The molecule has 0 aliphatic rings. The van der Waals surface area contributed by atoms with Crippen molar-refractivity contribution in [1.29, 1.82) is 0 Å². The Kier molecular flexibility index (Phi) is 4.69. The highest BCUT2D eigenvalue weighted by Crippen LogP contribution is 2.28. The minimum absolute atomic E-state index is 0.210. The van der Waals surface area contributed by atoms with Crippen molar-refractivity contribution in [2.45, 2.75) is 27.2 Å². The molecule has 1 nitrogen and oxygen atoms in total. The largest absolute Gasteiger partial charge is 0.261 e. The minimum Gasteiger partial charge on any atom is -0.261 e. The number of aliphatic imine (C=N–C) groups is 1. The Morgan fingerprint density at radius 3 is 2.43 bits per heavy atom. The number of hydrogen-bond donors (Lipinski definition) is 0. The molecule has 21 heavy (non-hydrogen) atoms. The maximum absolute atomic E-state index is 12.9. The summed E-state index contributed by atoms with van der Waals surface area (Å²) in [5.74, 6) is -0.210. The van der Waals surface area contributed by atoms with Crippen molar-refractivity contribution in [3.05, 3.63) is 71.0 Å². The summed E-state index contributed by atoms with van der Waals surface area (Å²) in [6.45, 7) is 10.2. The van der Waals surface area contributed by atoms with E-state index in [1.807, 2.05) is 6.92 Å². The summed E-state index contributed by atoms with van der Waals surface area (Å²) < 4.78 is 12.9. The van der Waals surface area contributed by atoms with E-state index in [9.17, 15) is 4.39 Å². The highest BCUT2D eigenvalue weighted by molar-refractivity contribution is 5.72. The Bertz CT molecular complexity index is 681.